The molecule has 0 amide bonds. The molecule has 4 heteroatoms. The number of hydrazine groups is 1. The van der Waals surface area contributed by atoms with Crippen LogP contribution in [0.1, 0.15) is 26.9 Å². The molecule has 0 aliphatic rings. The largest absolute Gasteiger partial charge is 0.271 e. The Hall–Kier alpha value is -0.430. The second-order valence-electron chi connectivity index (χ2n) is 4.44. The lowest BCUT2D eigenvalue weighted by molar-refractivity contribution is 0.560. The lowest BCUT2D eigenvalue weighted by Crippen LogP contribution is -2.28. The maximum absolute atomic E-state index is 5.70. The Morgan fingerprint density at radius 3 is 2.44 bits per heavy atom. The Labute approximate surface area is 126 Å². The highest BCUT2D eigenvalue weighted by Crippen LogP contribution is 2.28. The summed E-state index contributed by atoms with van der Waals surface area (Å²) >= 11 is 4.15. The van der Waals surface area contributed by atoms with E-state index in [0.717, 1.165) is 6.42 Å². The van der Waals surface area contributed by atoms with Crippen LogP contribution in [0.15, 0.2) is 30.3 Å². The van der Waals surface area contributed by atoms with Crippen molar-refractivity contribution in [1.29, 1.82) is 0 Å². The highest BCUT2D eigenvalue weighted by Gasteiger charge is 2.14. The maximum Gasteiger partial charge on any atom is 0.0593 e. The van der Waals surface area contributed by atoms with Gasteiger partial charge in [-0.15, -0.1) is 11.3 Å². The molecule has 3 N–H and O–H groups in total. The number of halogens is 1. The van der Waals surface area contributed by atoms with Crippen LogP contribution in [0.25, 0.3) is 0 Å². The third-order valence-electron chi connectivity index (χ3n) is 3.08. The minimum Gasteiger partial charge on any atom is -0.271 e. The molecular weight excluding hydrogens is 355 g/mol. The van der Waals surface area contributed by atoms with Crippen LogP contribution in [0.3, 0.4) is 0 Å². The topological polar surface area (TPSA) is 38.0 Å². The first kappa shape index (κ1) is 14.0. The molecule has 2 rings (SSSR count). The van der Waals surface area contributed by atoms with Crippen molar-refractivity contribution < 1.29 is 0 Å². The van der Waals surface area contributed by atoms with E-state index in [1.165, 1.54) is 24.5 Å². The van der Waals surface area contributed by atoms with Crippen molar-refractivity contribution in [3.63, 3.8) is 0 Å². The minimum atomic E-state index is 0.197. The fourth-order valence-corrected chi connectivity index (χ4v) is 3.33. The number of aryl methyl sites for hydroxylation is 2. The summed E-state index contributed by atoms with van der Waals surface area (Å²) in [6, 6.07) is 11.0. The molecule has 1 heterocycles. The van der Waals surface area contributed by atoms with Crippen LogP contribution in [0.5, 0.6) is 0 Å². The van der Waals surface area contributed by atoms with E-state index in [2.05, 4.69) is 72.2 Å². The van der Waals surface area contributed by atoms with Crippen molar-refractivity contribution in [3.8, 4) is 0 Å². The number of nitrogens with one attached hydrogen (secondary N) is 1. The maximum atomic E-state index is 5.70. The van der Waals surface area contributed by atoms with E-state index in [0.29, 0.717) is 0 Å². The molecule has 0 radical (unpaired) electrons. The third kappa shape index (κ3) is 3.32. The van der Waals surface area contributed by atoms with E-state index >= 15 is 0 Å². The first-order chi connectivity index (χ1) is 8.60. The second-order valence-corrected chi connectivity index (χ2v) is 6.97. The zero-order chi connectivity index (χ0) is 13.1. The summed E-state index contributed by atoms with van der Waals surface area (Å²) in [5, 5.41) is 0. The van der Waals surface area contributed by atoms with Gasteiger partial charge in [-0.3, -0.25) is 11.3 Å². The molecule has 96 valence electrons. The van der Waals surface area contributed by atoms with Crippen LogP contribution in [0, 0.1) is 17.4 Å². The van der Waals surface area contributed by atoms with Crippen LogP contribution >= 0.6 is 33.9 Å². The van der Waals surface area contributed by atoms with E-state index < -0.39 is 0 Å². The van der Waals surface area contributed by atoms with Crippen LogP contribution in [0.4, 0.5) is 0 Å². The van der Waals surface area contributed by atoms with Gasteiger partial charge in [0.2, 0.25) is 0 Å². The molecule has 1 atom stereocenters. The average Bonchev–Trinajstić information content (AvgIpc) is 2.69. The van der Waals surface area contributed by atoms with Crippen LogP contribution in [0.2, 0.25) is 0 Å². The first-order valence-corrected chi connectivity index (χ1v) is 7.77. The van der Waals surface area contributed by atoms with Gasteiger partial charge in [-0.25, -0.2) is 0 Å². The summed E-state index contributed by atoms with van der Waals surface area (Å²) in [7, 11) is 0. The molecule has 0 fully saturated rings. The van der Waals surface area contributed by atoms with Crippen LogP contribution in [-0.2, 0) is 6.42 Å². The van der Waals surface area contributed by atoms with Crippen molar-refractivity contribution in [2.75, 3.05) is 0 Å². The lowest BCUT2D eigenvalue weighted by Gasteiger charge is -2.14. The van der Waals surface area contributed by atoms with Gasteiger partial charge < -0.3 is 0 Å². The predicted octanol–water partition coefficient (Wildman–Crippen LogP) is 3.72. The van der Waals surface area contributed by atoms with Gasteiger partial charge in [0.15, 0.2) is 0 Å². The van der Waals surface area contributed by atoms with Gasteiger partial charge in [-0.2, -0.15) is 0 Å². The number of hydrogen-bond donors (Lipinski definition) is 2. The van der Waals surface area contributed by atoms with Crippen LogP contribution < -0.4 is 11.3 Å². The zero-order valence-corrected chi connectivity index (χ0v) is 13.5. The molecular formula is C14H17IN2S. The van der Waals surface area contributed by atoms with E-state index in [4.69, 9.17) is 5.84 Å². The van der Waals surface area contributed by atoms with Crippen molar-refractivity contribution in [2.24, 2.45) is 5.84 Å². The lowest BCUT2D eigenvalue weighted by atomic mass is 10.0. The summed E-state index contributed by atoms with van der Waals surface area (Å²) in [4.78, 5) is 2.68. The second kappa shape index (κ2) is 6.14. The van der Waals surface area contributed by atoms with Gasteiger partial charge >= 0.3 is 0 Å². The van der Waals surface area contributed by atoms with Gasteiger partial charge in [-0.05, 0) is 72.2 Å². The fourth-order valence-electron chi connectivity index (χ4n) is 1.87. The average molecular weight is 372 g/mol. The molecule has 18 heavy (non-hydrogen) atoms. The van der Waals surface area contributed by atoms with Crippen molar-refractivity contribution in [2.45, 2.75) is 26.3 Å². The van der Waals surface area contributed by atoms with Crippen molar-refractivity contribution in [3.05, 3.63) is 54.8 Å². The van der Waals surface area contributed by atoms with Gasteiger partial charge in [0.1, 0.15) is 0 Å². The molecule has 2 aromatic rings. The molecule has 1 aromatic carbocycles. The highest BCUT2D eigenvalue weighted by atomic mass is 127. The Morgan fingerprint density at radius 2 is 1.94 bits per heavy atom. The molecule has 1 unspecified atom stereocenters. The molecule has 2 nitrogen and oxygen atoms in total. The molecule has 0 aliphatic carbocycles. The Balaban J connectivity index is 2.16. The van der Waals surface area contributed by atoms with E-state index in [-0.39, 0.29) is 6.04 Å². The minimum absolute atomic E-state index is 0.197. The summed E-state index contributed by atoms with van der Waals surface area (Å²) in [6.45, 7) is 4.30. The van der Waals surface area contributed by atoms with E-state index in [1.807, 2.05) is 11.3 Å². The van der Waals surface area contributed by atoms with Gasteiger partial charge in [0.05, 0.1) is 6.04 Å². The van der Waals surface area contributed by atoms with Gasteiger partial charge in [0.25, 0.3) is 0 Å². The quantitative estimate of drug-likeness (QED) is 0.488. The SMILES string of the molecule is Cc1cc(C(Cc2ccc(I)cc2)NN)sc1C. The summed E-state index contributed by atoms with van der Waals surface area (Å²) in [6.07, 6.45) is 0.923. The first-order valence-electron chi connectivity index (χ1n) is 5.87. The summed E-state index contributed by atoms with van der Waals surface area (Å²) in [5.74, 6) is 5.70. The number of hydrogen-bond acceptors (Lipinski definition) is 3. The van der Waals surface area contributed by atoms with E-state index in [1.54, 1.807) is 0 Å². The van der Waals surface area contributed by atoms with Gasteiger partial charge in [-0.1, -0.05) is 12.1 Å². The third-order valence-corrected chi connectivity index (χ3v) is 5.07. The molecule has 0 saturated carbocycles. The standard InChI is InChI=1S/C14H17IN2S/c1-9-7-14(18-10(9)2)13(17-16)8-11-3-5-12(15)6-4-11/h3-7,13,17H,8,16H2,1-2H3. The number of nitrogens with two attached hydrogens (primary N) is 1. The molecule has 0 saturated heterocycles. The highest BCUT2D eigenvalue weighted by molar-refractivity contribution is 14.1. The summed E-state index contributed by atoms with van der Waals surface area (Å²) < 4.78 is 1.26. The Morgan fingerprint density at radius 1 is 1.28 bits per heavy atom. The van der Waals surface area contributed by atoms with Crippen molar-refractivity contribution >= 4 is 33.9 Å². The summed E-state index contributed by atoms with van der Waals surface area (Å²) in [5.41, 5.74) is 5.58. The number of rotatable bonds is 4. The van der Waals surface area contributed by atoms with Crippen LogP contribution in [-0.4, -0.2) is 0 Å². The zero-order valence-electron chi connectivity index (χ0n) is 10.5. The predicted molar refractivity (Wildman–Crippen MR) is 86.7 cm³/mol. The molecule has 0 bridgehead atoms. The fraction of sp³-hybridized carbons (Fsp3) is 0.286. The van der Waals surface area contributed by atoms with E-state index in [9.17, 15) is 0 Å². The van der Waals surface area contributed by atoms with Crippen molar-refractivity contribution in [1.82, 2.24) is 5.43 Å². The Kier molecular flexibility index (Phi) is 4.77. The molecule has 1 aromatic heterocycles. The normalized spacial score (nSPS) is 12.7. The Bertz CT molecular complexity index is 500. The molecule has 0 spiro atoms. The molecule has 0 aliphatic heterocycles. The van der Waals surface area contributed by atoms with Gasteiger partial charge in [0, 0.05) is 13.3 Å². The smallest absolute Gasteiger partial charge is 0.0593 e. The number of benzene rings is 1. The monoisotopic (exact) mass is 372 g/mol. The number of thiophene rings is 1.